The Labute approximate surface area is 99.4 Å². The Morgan fingerprint density at radius 2 is 1.82 bits per heavy atom. The summed E-state index contributed by atoms with van der Waals surface area (Å²) in [4.78, 5) is 11.6. The predicted molar refractivity (Wildman–Crippen MR) is 58.4 cm³/mol. The molecule has 0 unspecified atom stereocenters. The molecule has 102 valence electrons. The lowest BCUT2D eigenvalue weighted by molar-refractivity contribution is -0.212. The van der Waals surface area contributed by atoms with Crippen LogP contribution >= 0.6 is 0 Å². The topological polar surface area (TPSA) is 49.3 Å². The van der Waals surface area contributed by atoms with Crippen LogP contribution in [-0.2, 0) is 4.79 Å². The first kappa shape index (κ1) is 16.2. The second kappa shape index (κ2) is 5.71. The van der Waals surface area contributed by atoms with E-state index in [2.05, 4.69) is 5.32 Å². The van der Waals surface area contributed by atoms with E-state index in [1.165, 1.54) is 6.92 Å². The molecule has 0 aromatic heterocycles. The van der Waals surface area contributed by atoms with Crippen LogP contribution in [0.15, 0.2) is 0 Å². The molecule has 0 heterocycles. The van der Waals surface area contributed by atoms with E-state index in [0.29, 0.717) is 12.8 Å². The van der Waals surface area contributed by atoms with Crippen LogP contribution < -0.4 is 5.32 Å². The van der Waals surface area contributed by atoms with Crippen LogP contribution in [0.25, 0.3) is 0 Å². The first-order valence-corrected chi connectivity index (χ1v) is 5.59. The van der Waals surface area contributed by atoms with E-state index < -0.39 is 29.6 Å². The van der Waals surface area contributed by atoms with Crippen molar-refractivity contribution in [2.24, 2.45) is 5.41 Å². The molecule has 0 bridgehead atoms. The Kier molecular flexibility index (Phi) is 5.45. The molecule has 0 saturated carbocycles. The van der Waals surface area contributed by atoms with E-state index >= 15 is 0 Å². The second-order valence-corrected chi connectivity index (χ2v) is 4.73. The standard InChI is InChI=1S/C11H20F3NO2/c1-5-6-8(7(2)16)15-9(17)10(3,4)11(12,13)14/h7-8,16H,5-6H2,1-4H3,(H,15,17)/t7-,8+/m1/s1. The molecule has 0 saturated heterocycles. The maximum Gasteiger partial charge on any atom is 0.402 e. The average Bonchev–Trinajstić information content (AvgIpc) is 2.14. The Morgan fingerprint density at radius 1 is 1.35 bits per heavy atom. The van der Waals surface area contributed by atoms with Gasteiger partial charge in [0.25, 0.3) is 0 Å². The molecule has 1 amide bonds. The highest BCUT2D eigenvalue weighted by molar-refractivity contribution is 5.83. The zero-order valence-corrected chi connectivity index (χ0v) is 10.6. The van der Waals surface area contributed by atoms with E-state index in [-0.39, 0.29) is 0 Å². The predicted octanol–water partition coefficient (Wildman–Crippen LogP) is 2.24. The minimum atomic E-state index is -4.60. The van der Waals surface area contributed by atoms with Gasteiger partial charge in [0.2, 0.25) is 5.91 Å². The summed E-state index contributed by atoms with van der Waals surface area (Å²) in [5.41, 5.74) is -2.45. The second-order valence-electron chi connectivity index (χ2n) is 4.73. The minimum Gasteiger partial charge on any atom is -0.391 e. The minimum absolute atomic E-state index is 0.442. The van der Waals surface area contributed by atoms with Crippen molar-refractivity contribution in [3.8, 4) is 0 Å². The number of carbonyl (C=O) groups is 1. The molecule has 2 atom stereocenters. The van der Waals surface area contributed by atoms with Gasteiger partial charge in [-0.3, -0.25) is 4.79 Å². The fourth-order valence-electron chi connectivity index (χ4n) is 1.22. The molecular weight excluding hydrogens is 235 g/mol. The fraction of sp³-hybridized carbons (Fsp3) is 0.909. The number of hydrogen-bond donors (Lipinski definition) is 2. The quantitative estimate of drug-likeness (QED) is 0.791. The van der Waals surface area contributed by atoms with Crippen molar-refractivity contribution in [1.29, 1.82) is 0 Å². The molecule has 17 heavy (non-hydrogen) atoms. The van der Waals surface area contributed by atoms with Crippen molar-refractivity contribution in [3.05, 3.63) is 0 Å². The Bertz CT molecular complexity index is 262. The maximum atomic E-state index is 12.6. The van der Waals surface area contributed by atoms with Gasteiger partial charge in [0.1, 0.15) is 5.41 Å². The molecule has 3 nitrogen and oxygen atoms in total. The molecule has 0 aromatic carbocycles. The van der Waals surface area contributed by atoms with Gasteiger partial charge < -0.3 is 10.4 Å². The number of hydrogen-bond acceptors (Lipinski definition) is 2. The molecule has 2 N–H and O–H groups in total. The van der Waals surface area contributed by atoms with Crippen LogP contribution in [0.2, 0.25) is 0 Å². The van der Waals surface area contributed by atoms with Crippen molar-refractivity contribution in [3.63, 3.8) is 0 Å². The smallest absolute Gasteiger partial charge is 0.391 e. The third-order valence-corrected chi connectivity index (χ3v) is 2.77. The Balaban J connectivity index is 4.72. The zero-order valence-electron chi connectivity index (χ0n) is 10.6. The lowest BCUT2D eigenvalue weighted by atomic mass is 9.90. The van der Waals surface area contributed by atoms with Gasteiger partial charge in [0.15, 0.2) is 0 Å². The van der Waals surface area contributed by atoms with E-state index in [1.807, 2.05) is 6.92 Å². The van der Waals surface area contributed by atoms with Crippen molar-refractivity contribution in [2.45, 2.75) is 58.9 Å². The summed E-state index contributed by atoms with van der Waals surface area (Å²) in [5, 5.41) is 11.6. The number of halogens is 3. The number of nitrogens with one attached hydrogen (secondary N) is 1. The molecule has 0 rings (SSSR count). The molecule has 0 aromatic rings. The average molecular weight is 255 g/mol. The van der Waals surface area contributed by atoms with Gasteiger partial charge in [-0.2, -0.15) is 13.2 Å². The van der Waals surface area contributed by atoms with E-state index in [1.54, 1.807) is 0 Å². The Morgan fingerprint density at radius 3 is 2.12 bits per heavy atom. The van der Waals surface area contributed by atoms with E-state index in [9.17, 15) is 23.1 Å². The van der Waals surface area contributed by atoms with Crippen molar-refractivity contribution in [1.82, 2.24) is 5.32 Å². The van der Waals surface area contributed by atoms with Gasteiger partial charge in [-0.25, -0.2) is 0 Å². The Hall–Kier alpha value is -0.780. The number of aliphatic hydroxyl groups excluding tert-OH is 1. The van der Waals surface area contributed by atoms with Gasteiger partial charge in [-0.1, -0.05) is 13.3 Å². The first-order chi connectivity index (χ1) is 7.54. The first-order valence-electron chi connectivity index (χ1n) is 5.59. The molecule has 0 aliphatic heterocycles. The van der Waals surface area contributed by atoms with Crippen LogP contribution in [0, 0.1) is 5.41 Å². The van der Waals surface area contributed by atoms with Crippen LogP contribution in [0.1, 0.15) is 40.5 Å². The SMILES string of the molecule is CCC[C@H](NC(=O)C(C)(C)C(F)(F)F)[C@@H](C)O. The third-order valence-electron chi connectivity index (χ3n) is 2.77. The van der Waals surface area contributed by atoms with Gasteiger partial charge >= 0.3 is 6.18 Å². The normalized spacial score (nSPS) is 16.5. The van der Waals surface area contributed by atoms with Gasteiger partial charge in [0.05, 0.1) is 12.1 Å². The van der Waals surface area contributed by atoms with Crippen LogP contribution in [0.4, 0.5) is 13.2 Å². The summed E-state index contributed by atoms with van der Waals surface area (Å²) in [6.07, 6.45) is -4.37. The summed E-state index contributed by atoms with van der Waals surface area (Å²) in [5.74, 6) is -1.11. The number of carbonyl (C=O) groups excluding carboxylic acids is 1. The van der Waals surface area contributed by atoms with Crippen LogP contribution in [0.3, 0.4) is 0 Å². The number of rotatable bonds is 5. The van der Waals surface area contributed by atoms with Crippen molar-refractivity contribution < 1.29 is 23.1 Å². The van der Waals surface area contributed by atoms with Crippen molar-refractivity contribution >= 4 is 5.91 Å². The van der Waals surface area contributed by atoms with Gasteiger partial charge in [0, 0.05) is 0 Å². The molecule has 0 spiro atoms. The molecule has 0 radical (unpaired) electrons. The van der Waals surface area contributed by atoms with Crippen LogP contribution in [-0.4, -0.2) is 29.3 Å². The van der Waals surface area contributed by atoms with Gasteiger partial charge in [-0.15, -0.1) is 0 Å². The monoisotopic (exact) mass is 255 g/mol. The van der Waals surface area contributed by atoms with Crippen molar-refractivity contribution in [2.75, 3.05) is 0 Å². The lowest BCUT2D eigenvalue weighted by Crippen LogP contribution is -2.52. The largest absolute Gasteiger partial charge is 0.402 e. The number of amides is 1. The lowest BCUT2D eigenvalue weighted by Gasteiger charge is -2.30. The third kappa shape index (κ3) is 4.18. The highest BCUT2D eigenvalue weighted by Crippen LogP contribution is 2.37. The summed E-state index contributed by atoms with van der Waals surface area (Å²) >= 11 is 0. The van der Waals surface area contributed by atoms with Gasteiger partial charge in [-0.05, 0) is 27.2 Å². The van der Waals surface area contributed by atoms with E-state index in [0.717, 1.165) is 13.8 Å². The summed E-state index contributed by atoms with van der Waals surface area (Å²) in [6, 6.07) is -0.644. The highest BCUT2D eigenvalue weighted by Gasteiger charge is 2.53. The summed E-state index contributed by atoms with van der Waals surface area (Å²) in [6.45, 7) is 4.93. The summed E-state index contributed by atoms with van der Waals surface area (Å²) in [7, 11) is 0. The summed E-state index contributed by atoms with van der Waals surface area (Å²) < 4.78 is 37.8. The van der Waals surface area contributed by atoms with Crippen LogP contribution in [0.5, 0.6) is 0 Å². The molecular formula is C11H20F3NO2. The molecule has 6 heteroatoms. The maximum absolute atomic E-state index is 12.6. The zero-order chi connectivity index (χ0) is 13.9. The molecule has 0 fully saturated rings. The van der Waals surface area contributed by atoms with E-state index in [4.69, 9.17) is 0 Å². The highest BCUT2D eigenvalue weighted by atomic mass is 19.4. The fourth-order valence-corrected chi connectivity index (χ4v) is 1.22. The number of alkyl halides is 3. The number of aliphatic hydroxyl groups is 1. The molecule has 0 aliphatic carbocycles. The molecule has 0 aliphatic rings.